The first-order chi connectivity index (χ1) is 9.06. The van der Waals surface area contributed by atoms with Crippen LogP contribution in [0.15, 0.2) is 16.8 Å². The molecule has 0 atom stereocenters. The van der Waals surface area contributed by atoms with Gasteiger partial charge in [0.1, 0.15) is 0 Å². The lowest BCUT2D eigenvalue weighted by atomic mass is 10.3. The quantitative estimate of drug-likeness (QED) is 0.706. The van der Waals surface area contributed by atoms with Crippen LogP contribution in [0.5, 0.6) is 0 Å². The van der Waals surface area contributed by atoms with Crippen LogP contribution in [0.3, 0.4) is 0 Å². The minimum absolute atomic E-state index is 0.00282. The maximum absolute atomic E-state index is 12.0. The first-order valence-electron chi connectivity index (χ1n) is 6.11. The van der Waals surface area contributed by atoms with E-state index in [9.17, 15) is 9.59 Å². The smallest absolute Gasteiger partial charge is 0.319 e. The summed E-state index contributed by atoms with van der Waals surface area (Å²) in [6, 6.07) is 2.00. The zero-order valence-electron chi connectivity index (χ0n) is 11.6. The Balaban J connectivity index is 2.45. The van der Waals surface area contributed by atoms with Gasteiger partial charge in [0, 0.05) is 13.6 Å². The highest BCUT2D eigenvalue weighted by Gasteiger charge is 2.16. The normalized spacial score (nSPS) is 10.5. The van der Waals surface area contributed by atoms with Gasteiger partial charge in [-0.15, -0.1) is 0 Å². The highest BCUT2D eigenvalue weighted by Crippen LogP contribution is 2.08. The van der Waals surface area contributed by atoms with Crippen LogP contribution in [-0.2, 0) is 20.9 Å². The summed E-state index contributed by atoms with van der Waals surface area (Å²) < 4.78 is 4.61. The number of rotatable bonds is 7. The average Bonchev–Trinajstić information content (AvgIpc) is 2.90. The molecule has 0 aromatic carbocycles. The van der Waals surface area contributed by atoms with Crippen molar-refractivity contribution in [3.8, 4) is 0 Å². The summed E-state index contributed by atoms with van der Waals surface area (Å²) in [6.07, 6.45) is 0. The predicted octanol–water partition coefficient (Wildman–Crippen LogP) is 1.20. The number of methoxy groups -OCH3 is 1. The second-order valence-electron chi connectivity index (χ2n) is 4.26. The van der Waals surface area contributed by atoms with Crippen LogP contribution in [0, 0.1) is 0 Å². The molecule has 1 rings (SSSR count). The van der Waals surface area contributed by atoms with Crippen molar-refractivity contribution >= 4 is 23.2 Å². The SMILES string of the molecule is CCN(CC(=O)OC)CC(=O)N(C)Cc1ccsc1. The Hall–Kier alpha value is -1.40. The largest absolute Gasteiger partial charge is 0.468 e. The van der Waals surface area contributed by atoms with Crippen molar-refractivity contribution in [2.24, 2.45) is 0 Å². The highest BCUT2D eigenvalue weighted by atomic mass is 32.1. The van der Waals surface area contributed by atoms with Crippen LogP contribution in [0.2, 0.25) is 0 Å². The van der Waals surface area contributed by atoms with Crippen molar-refractivity contribution in [3.05, 3.63) is 22.4 Å². The molecule has 6 heteroatoms. The Labute approximate surface area is 117 Å². The lowest BCUT2D eigenvalue weighted by Gasteiger charge is -2.22. The number of hydrogen-bond donors (Lipinski definition) is 0. The summed E-state index contributed by atoms with van der Waals surface area (Å²) in [5.74, 6) is -0.327. The number of amides is 1. The number of likely N-dealkylation sites (N-methyl/N-ethyl adjacent to an activating group) is 2. The highest BCUT2D eigenvalue weighted by molar-refractivity contribution is 7.07. The van der Waals surface area contributed by atoms with E-state index in [0.29, 0.717) is 13.1 Å². The Kier molecular flexibility index (Phi) is 6.52. The minimum atomic E-state index is -0.324. The Bertz CT molecular complexity index is 406. The molecule has 1 heterocycles. The Morgan fingerprint density at radius 1 is 1.37 bits per heavy atom. The molecule has 0 unspecified atom stereocenters. The van der Waals surface area contributed by atoms with Crippen LogP contribution in [0.1, 0.15) is 12.5 Å². The van der Waals surface area contributed by atoms with Gasteiger partial charge in [-0.2, -0.15) is 11.3 Å². The monoisotopic (exact) mass is 284 g/mol. The van der Waals surface area contributed by atoms with E-state index in [1.807, 2.05) is 23.8 Å². The number of carbonyl (C=O) groups excluding carboxylic acids is 2. The first-order valence-corrected chi connectivity index (χ1v) is 7.05. The number of hydrogen-bond acceptors (Lipinski definition) is 5. The molecule has 0 aliphatic heterocycles. The summed E-state index contributed by atoms with van der Waals surface area (Å²) in [5, 5.41) is 4.01. The predicted molar refractivity (Wildman–Crippen MR) is 74.9 cm³/mol. The zero-order chi connectivity index (χ0) is 14.3. The molecule has 0 bridgehead atoms. The molecule has 0 N–H and O–H groups in total. The van der Waals surface area contributed by atoms with Gasteiger partial charge in [0.25, 0.3) is 0 Å². The van der Waals surface area contributed by atoms with Crippen molar-refractivity contribution in [2.75, 3.05) is 33.8 Å². The Morgan fingerprint density at radius 2 is 2.11 bits per heavy atom. The summed E-state index contributed by atoms with van der Waals surface area (Å²) in [6.45, 7) is 3.51. The summed E-state index contributed by atoms with van der Waals surface area (Å²) in [5.41, 5.74) is 1.12. The number of thiophene rings is 1. The van der Waals surface area contributed by atoms with E-state index in [1.165, 1.54) is 7.11 Å². The number of esters is 1. The van der Waals surface area contributed by atoms with Gasteiger partial charge in [0.05, 0.1) is 20.2 Å². The lowest BCUT2D eigenvalue weighted by Crippen LogP contribution is -2.40. The summed E-state index contributed by atoms with van der Waals surface area (Å²) >= 11 is 1.61. The average molecular weight is 284 g/mol. The van der Waals surface area contributed by atoms with Crippen molar-refractivity contribution in [2.45, 2.75) is 13.5 Å². The van der Waals surface area contributed by atoms with E-state index < -0.39 is 0 Å². The van der Waals surface area contributed by atoms with Crippen molar-refractivity contribution in [1.82, 2.24) is 9.80 Å². The van der Waals surface area contributed by atoms with Gasteiger partial charge >= 0.3 is 5.97 Å². The van der Waals surface area contributed by atoms with Crippen molar-refractivity contribution in [3.63, 3.8) is 0 Å². The van der Waals surface area contributed by atoms with E-state index in [2.05, 4.69) is 4.74 Å². The third-order valence-corrected chi connectivity index (χ3v) is 3.54. The fourth-order valence-corrected chi connectivity index (χ4v) is 2.24. The van der Waals surface area contributed by atoms with E-state index in [1.54, 1.807) is 28.2 Å². The third-order valence-electron chi connectivity index (χ3n) is 2.81. The van der Waals surface area contributed by atoms with Gasteiger partial charge in [0.15, 0.2) is 0 Å². The first kappa shape index (κ1) is 15.7. The van der Waals surface area contributed by atoms with Crippen molar-refractivity contribution in [1.29, 1.82) is 0 Å². The lowest BCUT2D eigenvalue weighted by molar-refractivity contribution is -0.142. The molecule has 0 radical (unpaired) electrons. The molecule has 1 aromatic heterocycles. The minimum Gasteiger partial charge on any atom is -0.468 e. The molecule has 0 saturated carbocycles. The molecule has 19 heavy (non-hydrogen) atoms. The molecule has 1 aromatic rings. The Morgan fingerprint density at radius 3 is 2.63 bits per heavy atom. The molecular formula is C13H20N2O3S. The van der Waals surface area contributed by atoms with Gasteiger partial charge in [0.2, 0.25) is 5.91 Å². The van der Waals surface area contributed by atoms with Crippen LogP contribution >= 0.6 is 11.3 Å². The molecule has 106 valence electrons. The molecule has 0 aliphatic rings. The third kappa shape index (κ3) is 5.40. The van der Waals surface area contributed by atoms with Gasteiger partial charge in [-0.1, -0.05) is 6.92 Å². The maximum atomic E-state index is 12.0. The fourth-order valence-electron chi connectivity index (χ4n) is 1.58. The standard InChI is InChI=1S/C13H20N2O3S/c1-4-15(9-13(17)18-3)8-12(16)14(2)7-11-5-6-19-10-11/h5-6,10H,4,7-9H2,1-3H3. The van der Waals surface area contributed by atoms with E-state index in [4.69, 9.17) is 0 Å². The second kappa shape index (κ2) is 7.91. The maximum Gasteiger partial charge on any atom is 0.319 e. The van der Waals surface area contributed by atoms with Crippen LogP contribution < -0.4 is 0 Å². The topological polar surface area (TPSA) is 49.9 Å². The van der Waals surface area contributed by atoms with E-state index in [0.717, 1.165) is 5.56 Å². The van der Waals surface area contributed by atoms with Gasteiger partial charge in [-0.3, -0.25) is 14.5 Å². The summed E-state index contributed by atoms with van der Waals surface area (Å²) in [7, 11) is 3.12. The van der Waals surface area contributed by atoms with Crippen LogP contribution in [0.25, 0.3) is 0 Å². The molecule has 0 saturated heterocycles. The number of ether oxygens (including phenoxy) is 1. The molecular weight excluding hydrogens is 264 g/mol. The molecule has 0 spiro atoms. The van der Waals surface area contributed by atoms with Gasteiger partial charge in [-0.05, 0) is 28.9 Å². The summed E-state index contributed by atoms with van der Waals surface area (Å²) in [4.78, 5) is 26.7. The zero-order valence-corrected chi connectivity index (χ0v) is 12.4. The molecule has 0 aliphatic carbocycles. The molecule has 0 fully saturated rings. The molecule has 1 amide bonds. The van der Waals surface area contributed by atoms with E-state index in [-0.39, 0.29) is 25.0 Å². The second-order valence-corrected chi connectivity index (χ2v) is 5.04. The van der Waals surface area contributed by atoms with Crippen LogP contribution in [-0.4, -0.2) is 55.5 Å². The fraction of sp³-hybridized carbons (Fsp3) is 0.538. The number of nitrogens with zero attached hydrogens (tertiary/aromatic N) is 2. The van der Waals surface area contributed by atoms with Gasteiger partial charge < -0.3 is 9.64 Å². The van der Waals surface area contributed by atoms with Crippen molar-refractivity contribution < 1.29 is 14.3 Å². The van der Waals surface area contributed by atoms with Gasteiger partial charge in [-0.25, -0.2) is 0 Å². The van der Waals surface area contributed by atoms with Crippen LogP contribution in [0.4, 0.5) is 0 Å². The molecule has 5 nitrogen and oxygen atoms in total. The van der Waals surface area contributed by atoms with E-state index >= 15 is 0 Å². The number of carbonyl (C=O) groups is 2.